The van der Waals surface area contributed by atoms with Crippen molar-refractivity contribution in [1.82, 2.24) is 15.2 Å². The number of hydrogen-bond acceptors (Lipinski definition) is 3. The van der Waals surface area contributed by atoms with Crippen molar-refractivity contribution >= 4 is 28.7 Å². The van der Waals surface area contributed by atoms with E-state index >= 15 is 0 Å². The molecule has 1 unspecified atom stereocenters. The van der Waals surface area contributed by atoms with Crippen LogP contribution >= 0.6 is 0 Å². The predicted octanol–water partition coefficient (Wildman–Crippen LogP) is 1.61. The first-order valence-electron chi connectivity index (χ1n) is 7.79. The van der Waals surface area contributed by atoms with Gasteiger partial charge in [-0.15, -0.1) is 0 Å². The first kappa shape index (κ1) is 17.5. The van der Waals surface area contributed by atoms with E-state index in [0.29, 0.717) is 12.1 Å². The highest BCUT2D eigenvalue weighted by Crippen LogP contribution is 2.14. The van der Waals surface area contributed by atoms with Gasteiger partial charge in [0.2, 0.25) is 5.91 Å². The highest BCUT2D eigenvalue weighted by molar-refractivity contribution is 5.99. The Bertz CT molecular complexity index is 720. The summed E-state index contributed by atoms with van der Waals surface area (Å²) in [6.45, 7) is 3.03. The molecule has 7 heteroatoms. The van der Waals surface area contributed by atoms with Crippen LogP contribution in [-0.2, 0) is 9.59 Å². The molecule has 0 spiro atoms. The van der Waals surface area contributed by atoms with E-state index in [9.17, 15) is 14.4 Å². The summed E-state index contributed by atoms with van der Waals surface area (Å²) in [7, 11) is 0. The van der Waals surface area contributed by atoms with Gasteiger partial charge in [0.05, 0.1) is 6.54 Å². The molecule has 1 aromatic heterocycles. The largest absolute Gasteiger partial charge is 0.480 e. The molecule has 1 heterocycles. The summed E-state index contributed by atoms with van der Waals surface area (Å²) in [6.07, 6.45) is 0.634. The van der Waals surface area contributed by atoms with Crippen LogP contribution in [0.25, 0.3) is 10.9 Å². The molecule has 1 atom stereocenters. The number of hydrogen-bond donors (Lipinski definition) is 3. The Morgan fingerprint density at radius 1 is 1.29 bits per heavy atom. The number of nitrogens with one attached hydrogen (secondary N) is 2. The minimum Gasteiger partial charge on any atom is -0.480 e. The molecule has 0 saturated carbocycles. The van der Waals surface area contributed by atoms with Crippen LogP contribution in [0, 0.1) is 0 Å². The molecule has 0 saturated heterocycles. The summed E-state index contributed by atoms with van der Waals surface area (Å²) in [5, 5.41) is 12.4. The van der Waals surface area contributed by atoms with E-state index in [1.807, 2.05) is 31.2 Å². The van der Waals surface area contributed by atoms with Gasteiger partial charge in [-0.2, -0.15) is 0 Å². The first-order chi connectivity index (χ1) is 11.4. The lowest BCUT2D eigenvalue weighted by Crippen LogP contribution is -2.46. The fraction of sp³-hybridized carbons (Fsp3) is 0.353. The smallest absolute Gasteiger partial charge is 0.323 e. The van der Waals surface area contributed by atoms with Crippen molar-refractivity contribution in [3.8, 4) is 0 Å². The van der Waals surface area contributed by atoms with Gasteiger partial charge < -0.3 is 20.3 Å². The zero-order valence-corrected chi connectivity index (χ0v) is 13.7. The van der Waals surface area contributed by atoms with Gasteiger partial charge in [0.25, 0.3) is 5.91 Å². The van der Waals surface area contributed by atoms with Gasteiger partial charge in [0.15, 0.2) is 0 Å². The maximum absolute atomic E-state index is 12.2. The molecule has 2 amide bonds. The van der Waals surface area contributed by atoms with Crippen molar-refractivity contribution in [3.05, 3.63) is 36.0 Å². The molecule has 128 valence electrons. The molecule has 24 heavy (non-hydrogen) atoms. The molecule has 2 aromatic rings. The highest BCUT2D eigenvalue weighted by Gasteiger charge is 2.22. The third-order valence-electron chi connectivity index (χ3n) is 3.92. The molecule has 0 aliphatic heterocycles. The zero-order valence-electron chi connectivity index (χ0n) is 13.7. The van der Waals surface area contributed by atoms with Gasteiger partial charge in [-0.25, -0.2) is 0 Å². The number of carboxylic acids is 1. The number of nitrogens with zero attached hydrogens (tertiary/aromatic N) is 1. The molecule has 0 aliphatic carbocycles. The Hall–Kier alpha value is -2.83. The number of benzene rings is 1. The topological polar surface area (TPSA) is 102 Å². The monoisotopic (exact) mass is 331 g/mol. The number of carboxylic acid groups (broad SMARTS) is 1. The number of rotatable bonds is 7. The number of aromatic nitrogens is 1. The van der Waals surface area contributed by atoms with Crippen LogP contribution in [0.2, 0.25) is 0 Å². The summed E-state index contributed by atoms with van der Waals surface area (Å²) >= 11 is 0. The predicted molar refractivity (Wildman–Crippen MR) is 89.7 cm³/mol. The lowest BCUT2D eigenvalue weighted by atomic mass is 10.2. The van der Waals surface area contributed by atoms with Crippen LogP contribution in [0.3, 0.4) is 0 Å². The Kier molecular flexibility index (Phi) is 5.57. The van der Waals surface area contributed by atoms with Gasteiger partial charge in [-0.1, -0.05) is 25.1 Å². The second-order valence-electron chi connectivity index (χ2n) is 5.63. The number of aliphatic carboxylic acids is 1. The van der Waals surface area contributed by atoms with Crippen molar-refractivity contribution < 1.29 is 19.5 Å². The zero-order chi connectivity index (χ0) is 17.7. The van der Waals surface area contributed by atoms with E-state index in [-0.39, 0.29) is 19.1 Å². The van der Waals surface area contributed by atoms with Gasteiger partial charge in [-0.05, 0) is 25.5 Å². The van der Waals surface area contributed by atoms with E-state index in [0.717, 1.165) is 10.9 Å². The molecule has 3 N–H and O–H groups in total. The summed E-state index contributed by atoms with van der Waals surface area (Å²) in [5.41, 5.74) is 1.19. The van der Waals surface area contributed by atoms with Crippen molar-refractivity contribution in [3.63, 3.8) is 0 Å². The van der Waals surface area contributed by atoms with Gasteiger partial charge in [0.1, 0.15) is 12.2 Å². The van der Waals surface area contributed by atoms with E-state index in [2.05, 4.69) is 10.3 Å². The number of aromatic amines is 1. The van der Waals surface area contributed by atoms with Gasteiger partial charge >= 0.3 is 5.97 Å². The summed E-state index contributed by atoms with van der Waals surface area (Å²) in [5.74, 6) is -1.90. The number of carbonyl (C=O) groups excluding carboxylic acids is 2. The second-order valence-corrected chi connectivity index (χ2v) is 5.63. The van der Waals surface area contributed by atoms with E-state index in [1.54, 1.807) is 13.0 Å². The molecule has 0 aliphatic rings. The summed E-state index contributed by atoms with van der Waals surface area (Å²) < 4.78 is 0. The van der Waals surface area contributed by atoms with Crippen molar-refractivity contribution in [1.29, 1.82) is 0 Å². The van der Waals surface area contributed by atoms with Crippen LogP contribution in [-0.4, -0.2) is 51.9 Å². The maximum atomic E-state index is 12.2. The quantitative estimate of drug-likeness (QED) is 0.717. The van der Waals surface area contributed by atoms with Crippen LogP contribution in [0.1, 0.15) is 30.8 Å². The Morgan fingerprint density at radius 2 is 2.00 bits per heavy atom. The minimum absolute atomic E-state index is 0.210. The molecule has 1 aromatic carbocycles. The summed E-state index contributed by atoms with van der Waals surface area (Å²) in [6, 6.07) is 8.97. The van der Waals surface area contributed by atoms with E-state index < -0.39 is 17.8 Å². The fourth-order valence-corrected chi connectivity index (χ4v) is 2.40. The van der Waals surface area contributed by atoms with Gasteiger partial charge in [0, 0.05) is 16.9 Å². The first-order valence-corrected chi connectivity index (χ1v) is 7.79. The van der Waals surface area contributed by atoms with Crippen LogP contribution in [0.4, 0.5) is 0 Å². The van der Waals surface area contributed by atoms with E-state index in [1.165, 1.54) is 4.90 Å². The van der Waals surface area contributed by atoms with Crippen molar-refractivity contribution in [2.24, 2.45) is 0 Å². The Morgan fingerprint density at radius 3 is 2.62 bits per heavy atom. The van der Waals surface area contributed by atoms with Crippen molar-refractivity contribution in [2.45, 2.75) is 26.3 Å². The summed E-state index contributed by atoms with van der Waals surface area (Å²) in [4.78, 5) is 39.5. The standard InChI is InChI=1S/C17H21N3O4/c1-3-11(2)20(10-16(22)23)15(21)9-18-17(24)14-8-12-6-4-5-7-13(12)19-14/h4-8,11,19H,3,9-10H2,1-2H3,(H,18,24)(H,22,23). The van der Waals surface area contributed by atoms with E-state index in [4.69, 9.17) is 5.11 Å². The SMILES string of the molecule is CCC(C)N(CC(=O)O)C(=O)CNC(=O)c1cc2ccccc2[nH]1. The number of para-hydroxylation sites is 1. The van der Waals surface area contributed by atoms with Crippen LogP contribution in [0.15, 0.2) is 30.3 Å². The van der Waals surface area contributed by atoms with Gasteiger partial charge in [-0.3, -0.25) is 14.4 Å². The lowest BCUT2D eigenvalue weighted by Gasteiger charge is -2.27. The van der Waals surface area contributed by atoms with Crippen molar-refractivity contribution in [2.75, 3.05) is 13.1 Å². The molecular weight excluding hydrogens is 310 g/mol. The minimum atomic E-state index is -1.08. The molecule has 7 nitrogen and oxygen atoms in total. The van der Waals surface area contributed by atoms with Crippen LogP contribution in [0.5, 0.6) is 0 Å². The number of amides is 2. The Balaban J connectivity index is 2.00. The third kappa shape index (κ3) is 4.13. The third-order valence-corrected chi connectivity index (χ3v) is 3.92. The lowest BCUT2D eigenvalue weighted by molar-refractivity contribution is -0.145. The average molecular weight is 331 g/mol. The molecule has 0 radical (unpaired) electrons. The fourth-order valence-electron chi connectivity index (χ4n) is 2.40. The molecule has 0 fully saturated rings. The maximum Gasteiger partial charge on any atom is 0.323 e. The average Bonchev–Trinajstić information content (AvgIpc) is 3.00. The number of carbonyl (C=O) groups is 3. The second kappa shape index (κ2) is 7.63. The van der Waals surface area contributed by atoms with Crippen LogP contribution < -0.4 is 5.32 Å². The Labute approximate surface area is 139 Å². The highest BCUT2D eigenvalue weighted by atomic mass is 16.4. The number of fused-ring (bicyclic) bond motifs is 1. The molecule has 0 bridgehead atoms. The molecular formula is C17H21N3O4. The number of H-pyrrole nitrogens is 1. The molecule has 2 rings (SSSR count). The normalized spacial score (nSPS) is 11.9.